The van der Waals surface area contributed by atoms with Crippen LogP contribution in [0.3, 0.4) is 0 Å². The Morgan fingerprint density at radius 2 is 2.33 bits per heavy atom. The molecule has 0 amide bonds. The Labute approximate surface area is 87.2 Å². The molecule has 0 radical (unpaired) electrons. The van der Waals surface area contributed by atoms with E-state index in [0.29, 0.717) is 6.54 Å². The van der Waals surface area contributed by atoms with Gasteiger partial charge in [0.2, 0.25) is 0 Å². The summed E-state index contributed by atoms with van der Waals surface area (Å²) in [5.74, 6) is -1.48. The van der Waals surface area contributed by atoms with Crippen LogP contribution in [0.15, 0.2) is 24.3 Å². The van der Waals surface area contributed by atoms with Crippen molar-refractivity contribution in [3.05, 3.63) is 41.2 Å². The Hall–Kier alpha value is -1.68. The van der Waals surface area contributed by atoms with E-state index in [1.165, 1.54) is 12.1 Å². The fourth-order valence-electron chi connectivity index (χ4n) is 1.11. The van der Waals surface area contributed by atoms with Gasteiger partial charge in [-0.2, -0.15) is 0 Å². The van der Waals surface area contributed by atoms with E-state index in [1.807, 2.05) is 0 Å². The van der Waals surface area contributed by atoms with E-state index in [9.17, 15) is 9.18 Å². The van der Waals surface area contributed by atoms with Crippen molar-refractivity contribution in [2.75, 3.05) is 13.6 Å². The van der Waals surface area contributed by atoms with E-state index < -0.39 is 11.8 Å². The SMILES string of the molecule is CNCC=Cc1cc(C(=O)O)ccc1F. The van der Waals surface area contributed by atoms with Crippen molar-refractivity contribution in [2.45, 2.75) is 0 Å². The highest BCUT2D eigenvalue weighted by Crippen LogP contribution is 2.12. The third-order valence-electron chi connectivity index (χ3n) is 1.86. The Bertz CT molecular complexity index is 388. The average molecular weight is 209 g/mol. The molecule has 3 nitrogen and oxygen atoms in total. The second-order valence-electron chi connectivity index (χ2n) is 3.00. The monoisotopic (exact) mass is 209 g/mol. The van der Waals surface area contributed by atoms with Crippen LogP contribution in [0.4, 0.5) is 4.39 Å². The average Bonchev–Trinajstić information content (AvgIpc) is 2.20. The maximum atomic E-state index is 13.2. The summed E-state index contributed by atoms with van der Waals surface area (Å²) in [4.78, 5) is 10.6. The van der Waals surface area contributed by atoms with Gasteiger partial charge in [-0.15, -0.1) is 0 Å². The number of carbonyl (C=O) groups is 1. The molecule has 0 aliphatic carbocycles. The van der Waals surface area contributed by atoms with Crippen LogP contribution in [0.2, 0.25) is 0 Å². The Balaban J connectivity index is 2.95. The third kappa shape index (κ3) is 3.18. The van der Waals surface area contributed by atoms with Crippen molar-refractivity contribution >= 4 is 12.0 Å². The van der Waals surface area contributed by atoms with Gasteiger partial charge in [0.15, 0.2) is 0 Å². The highest BCUT2D eigenvalue weighted by molar-refractivity contribution is 5.88. The lowest BCUT2D eigenvalue weighted by molar-refractivity contribution is 0.0697. The zero-order valence-corrected chi connectivity index (χ0v) is 8.33. The van der Waals surface area contributed by atoms with Gasteiger partial charge in [0.1, 0.15) is 5.82 Å². The molecule has 0 aliphatic heterocycles. The summed E-state index contributed by atoms with van der Waals surface area (Å²) < 4.78 is 13.2. The van der Waals surface area contributed by atoms with E-state index in [1.54, 1.807) is 19.2 Å². The number of benzene rings is 1. The molecule has 0 unspecified atom stereocenters. The third-order valence-corrected chi connectivity index (χ3v) is 1.86. The molecule has 80 valence electrons. The van der Waals surface area contributed by atoms with Gasteiger partial charge >= 0.3 is 5.97 Å². The normalized spacial score (nSPS) is 10.8. The minimum absolute atomic E-state index is 0.0838. The highest BCUT2D eigenvalue weighted by atomic mass is 19.1. The number of likely N-dealkylation sites (N-methyl/N-ethyl adjacent to an activating group) is 1. The quantitative estimate of drug-likeness (QED) is 0.794. The van der Waals surface area contributed by atoms with Crippen molar-refractivity contribution in [1.29, 1.82) is 0 Å². The zero-order valence-electron chi connectivity index (χ0n) is 8.33. The maximum Gasteiger partial charge on any atom is 0.335 e. The first-order chi connectivity index (χ1) is 7.15. The molecule has 1 aromatic carbocycles. The topological polar surface area (TPSA) is 49.3 Å². The van der Waals surface area contributed by atoms with Gasteiger partial charge in [0, 0.05) is 12.1 Å². The van der Waals surface area contributed by atoms with Gasteiger partial charge in [-0.1, -0.05) is 12.2 Å². The summed E-state index contributed by atoms with van der Waals surface area (Å²) >= 11 is 0. The number of halogens is 1. The summed E-state index contributed by atoms with van der Waals surface area (Å²) in [5, 5.41) is 11.6. The number of carboxylic acids is 1. The number of nitrogens with one attached hydrogen (secondary N) is 1. The minimum atomic E-state index is -1.06. The molecule has 4 heteroatoms. The van der Waals surface area contributed by atoms with Gasteiger partial charge < -0.3 is 10.4 Å². The van der Waals surface area contributed by atoms with Gasteiger partial charge in [-0.3, -0.25) is 0 Å². The van der Waals surface area contributed by atoms with Crippen LogP contribution in [0.1, 0.15) is 15.9 Å². The summed E-state index contributed by atoms with van der Waals surface area (Å²) in [6.45, 7) is 0.608. The van der Waals surface area contributed by atoms with Crippen molar-refractivity contribution in [1.82, 2.24) is 5.32 Å². The lowest BCUT2D eigenvalue weighted by Crippen LogP contribution is -2.04. The van der Waals surface area contributed by atoms with Crippen molar-refractivity contribution in [3.63, 3.8) is 0 Å². The fourth-order valence-corrected chi connectivity index (χ4v) is 1.11. The van der Waals surface area contributed by atoms with E-state index in [0.717, 1.165) is 6.07 Å². The minimum Gasteiger partial charge on any atom is -0.478 e. The number of carboxylic acid groups (broad SMARTS) is 1. The summed E-state index contributed by atoms with van der Waals surface area (Å²) in [6, 6.07) is 3.71. The molecule has 0 saturated carbocycles. The molecule has 15 heavy (non-hydrogen) atoms. The van der Waals surface area contributed by atoms with Crippen LogP contribution in [0.5, 0.6) is 0 Å². The second-order valence-corrected chi connectivity index (χ2v) is 3.00. The predicted molar refractivity (Wildman–Crippen MR) is 56.3 cm³/mol. The van der Waals surface area contributed by atoms with Crippen LogP contribution >= 0.6 is 0 Å². The van der Waals surface area contributed by atoms with Gasteiger partial charge in [-0.25, -0.2) is 9.18 Å². The molecule has 1 aromatic rings. The Morgan fingerprint density at radius 1 is 1.60 bits per heavy atom. The first-order valence-electron chi connectivity index (χ1n) is 4.49. The lowest BCUT2D eigenvalue weighted by atomic mass is 10.1. The highest BCUT2D eigenvalue weighted by Gasteiger charge is 2.05. The summed E-state index contributed by atoms with van der Waals surface area (Å²) in [6.07, 6.45) is 3.28. The van der Waals surface area contributed by atoms with Crippen LogP contribution in [-0.4, -0.2) is 24.7 Å². The first kappa shape index (κ1) is 11.4. The van der Waals surface area contributed by atoms with Crippen molar-refractivity contribution in [2.24, 2.45) is 0 Å². The molecule has 0 heterocycles. The molecule has 0 fully saturated rings. The Kier molecular flexibility index (Phi) is 4.00. The first-order valence-corrected chi connectivity index (χ1v) is 4.49. The number of aromatic carboxylic acids is 1. The van der Waals surface area contributed by atoms with Crippen LogP contribution in [-0.2, 0) is 0 Å². The molecule has 0 spiro atoms. The number of rotatable bonds is 4. The fraction of sp³-hybridized carbons (Fsp3) is 0.182. The number of hydrogen-bond acceptors (Lipinski definition) is 2. The molecular weight excluding hydrogens is 197 g/mol. The zero-order chi connectivity index (χ0) is 11.3. The van der Waals surface area contributed by atoms with Crippen molar-refractivity contribution < 1.29 is 14.3 Å². The van der Waals surface area contributed by atoms with Gasteiger partial charge in [0.25, 0.3) is 0 Å². The predicted octanol–water partition coefficient (Wildman–Crippen LogP) is 1.76. The second kappa shape index (κ2) is 5.26. The molecular formula is C11H12FNO2. The molecule has 2 N–H and O–H groups in total. The largest absolute Gasteiger partial charge is 0.478 e. The van der Waals surface area contributed by atoms with E-state index in [-0.39, 0.29) is 11.1 Å². The van der Waals surface area contributed by atoms with E-state index in [4.69, 9.17) is 5.11 Å². The summed E-state index contributed by atoms with van der Waals surface area (Å²) in [5.41, 5.74) is 0.366. The maximum absolute atomic E-state index is 13.2. The lowest BCUT2D eigenvalue weighted by Gasteiger charge is -1.99. The summed E-state index contributed by atoms with van der Waals surface area (Å²) in [7, 11) is 1.77. The molecule has 0 atom stereocenters. The van der Waals surface area contributed by atoms with Gasteiger partial charge in [0.05, 0.1) is 5.56 Å². The molecule has 0 saturated heterocycles. The molecule has 0 aliphatic rings. The van der Waals surface area contributed by atoms with Crippen LogP contribution in [0, 0.1) is 5.82 Å². The van der Waals surface area contributed by atoms with Crippen molar-refractivity contribution in [3.8, 4) is 0 Å². The molecule has 0 bridgehead atoms. The van der Waals surface area contributed by atoms with Crippen LogP contribution in [0.25, 0.3) is 6.08 Å². The standard InChI is InChI=1S/C11H12FNO2/c1-13-6-2-3-8-7-9(11(14)15)4-5-10(8)12/h2-5,7,13H,6H2,1H3,(H,14,15). The molecule has 1 rings (SSSR count). The van der Waals surface area contributed by atoms with Gasteiger partial charge in [-0.05, 0) is 25.2 Å². The Morgan fingerprint density at radius 3 is 2.93 bits per heavy atom. The van der Waals surface area contributed by atoms with E-state index >= 15 is 0 Å². The number of hydrogen-bond donors (Lipinski definition) is 2. The van der Waals surface area contributed by atoms with E-state index in [2.05, 4.69) is 5.32 Å². The molecule has 0 aromatic heterocycles. The smallest absolute Gasteiger partial charge is 0.335 e. The van der Waals surface area contributed by atoms with Crippen LogP contribution < -0.4 is 5.32 Å².